The third kappa shape index (κ3) is 4.29. The average molecular weight is 425 g/mol. The van der Waals surface area contributed by atoms with Crippen LogP contribution in [-0.4, -0.2) is 30.4 Å². The minimum atomic E-state index is -0.438. The number of benzene rings is 2. The van der Waals surface area contributed by atoms with Crippen LogP contribution in [-0.2, 0) is 10.2 Å². The molecule has 30 heavy (non-hydrogen) atoms. The normalized spacial score (nSPS) is 24.3. The Morgan fingerprint density at radius 1 is 1.03 bits per heavy atom. The summed E-state index contributed by atoms with van der Waals surface area (Å²) in [6, 6.07) is 16.3. The van der Waals surface area contributed by atoms with Crippen molar-refractivity contribution in [3.8, 4) is 0 Å². The lowest BCUT2D eigenvalue weighted by Gasteiger charge is -2.43. The molecule has 1 saturated heterocycles. The molecule has 0 aromatic heterocycles. The second-order valence-corrected chi connectivity index (χ2v) is 9.32. The molecule has 0 aliphatic carbocycles. The lowest BCUT2D eigenvalue weighted by atomic mass is 9.67. The summed E-state index contributed by atoms with van der Waals surface area (Å²) in [6.45, 7) is 5.54. The van der Waals surface area contributed by atoms with Gasteiger partial charge in [0.15, 0.2) is 0 Å². The zero-order valence-electron chi connectivity index (χ0n) is 18.0. The molecule has 2 atom stereocenters. The van der Waals surface area contributed by atoms with Crippen LogP contribution in [0.3, 0.4) is 0 Å². The lowest BCUT2D eigenvalue weighted by Crippen LogP contribution is -2.52. The molecule has 2 heterocycles. The van der Waals surface area contributed by atoms with Crippen LogP contribution in [0.5, 0.6) is 0 Å². The van der Waals surface area contributed by atoms with E-state index in [2.05, 4.69) is 41.4 Å². The van der Waals surface area contributed by atoms with Crippen molar-refractivity contribution < 1.29 is 4.79 Å². The van der Waals surface area contributed by atoms with Gasteiger partial charge in [-0.15, -0.1) is 0 Å². The molecular weight excluding hydrogens is 392 g/mol. The third-order valence-corrected chi connectivity index (χ3v) is 7.21. The summed E-state index contributed by atoms with van der Waals surface area (Å²) in [5.74, 6) is 0.187. The van der Waals surface area contributed by atoms with Gasteiger partial charge < -0.3 is 10.2 Å². The number of nitrogens with one attached hydrogen (secondary N) is 1. The molecule has 4 rings (SSSR count). The van der Waals surface area contributed by atoms with E-state index < -0.39 is 5.41 Å². The average Bonchev–Trinajstić information content (AvgIpc) is 2.79. The number of carbonyl (C=O) groups excluding carboxylic acids is 1. The highest BCUT2D eigenvalue weighted by atomic mass is 35.5. The minimum Gasteiger partial charge on any atom is -0.344 e. The summed E-state index contributed by atoms with van der Waals surface area (Å²) in [6.07, 6.45) is 7.86. The fourth-order valence-electron chi connectivity index (χ4n) is 5.20. The molecule has 3 nitrogen and oxygen atoms in total. The van der Waals surface area contributed by atoms with Crippen molar-refractivity contribution in [2.45, 2.75) is 63.3 Å². The van der Waals surface area contributed by atoms with Crippen LogP contribution in [0, 0.1) is 0 Å². The summed E-state index contributed by atoms with van der Waals surface area (Å²) < 4.78 is 0. The first kappa shape index (κ1) is 21.4. The van der Waals surface area contributed by atoms with Crippen LogP contribution in [0.4, 0.5) is 0 Å². The number of hydrogen-bond acceptors (Lipinski definition) is 2. The number of carbonyl (C=O) groups is 1. The predicted molar refractivity (Wildman–Crippen MR) is 124 cm³/mol. The van der Waals surface area contributed by atoms with Gasteiger partial charge in [0.1, 0.15) is 0 Å². The van der Waals surface area contributed by atoms with Crippen molar-refractivity contribution >= 4 is 17.5 Å². The molecule has 2 aromatic carbocycles. The van der Waals surface area contributed by atoms with E-state index in [0.29, 0.717) is 5.02 Å². The maximum Gasteiger partial charge on any atom is 0.231 e. The largest absolute Gasteiger partial charge is 0.344 e. The molecule has 0 bridgehead atoms. The first-order chi connectivity index (χ1) is 14.6. The quantitative estimate of drug-likeness (QED) is 0.603. The second-order valence-electron chi connectivity index (χ2n) is 8.88. The van der Waals surface area contributed by atoms with E-state index in [-0.39, 0.29) is 11.9 Å². The van der Waals surface area contributed by atoms with E-state index >= 15 is 0 Å². The first-order valence-electron chi connectivity index (χ1n) is 11.5. The Morgan fingerprint density at radius 3 is 2.50 bits per heavy atom. The maximum absolute atomic E-state index is 13.8. The van der Waals surface area contributed by atoms with Gasteiger partial charge in [-0.2, -0.15) is 0 Å². The summed E-state index contributed by atoms with van der Waals surface area (Å²) in [5, 5.41) is 4.11. The van der Waals surface area contributed by atoms with Crippen molar-refractivity contribution in [1.29, 1.82) is 0 Å². The number of unbranched alkanes of at least 4 members (excludes halogenated alkanes) is 1. The Bertz CT molecular complexity index is 860. The summed E-state index contributed by atoms with van der Waals surface area (Å²) >= 11 is 6.11. The molecule has 0 spiro atoms. The molecule has 1 N–H and O–H groups in total. The van der Waals surface area contributed by atoms with Crippen molar-refractivity contribution in [2.75, 3.05) is 19.6 Å². The number of halogens is 1. The topological polar surface area (TPSA) is 32.3 Å². The molecule has 4 heteroatoms. The molecule has 0 radical (unpaired) electrons. The van der Waals surface area contributed by atoms with Gasteiger partial charge in [0.05, 0.1) is 11.5 Å². The summed E-state index contributed by atoms with van der Waals surface area (Å²) in [4.78, 5) is 16.3. The Balaban J connectivity index is 1.69. The lowest BCUT2D eigenvalue weighted by molar-refractivity contribution is -0.129. The van der Waals surface area contributed by atoms with Crippen LogP contribution >= 0.6 is 11.6 Å². The first-order valence-corrected chi connectivity index (χ1v) is 11.9. The number of piperidine rings is 1. The van der Waals surface area contributed by atoms with E-state index in [1.165, 1.54) is 43.5 Å². The van der Waals surface area contributed by atoms with Crippen LogP contribution in [0.25, 0.3) is 0 Å². The smallest absolute Gasteiger partial charge is 0.231 e. The fraction of sp³-hybridized carbons (Fsp3) is 0.500. The molecular formula is C26H33ClN2O. The Kier molecular flexibility index (Phi) is 6.80. The highest BCUT2D eigenvalue weighted by molar-refractivity contribution is 6.30. The number of hydrogen-bond donors (Lipinski definition) is 1. The van der Waals surface area contributed by atoms with Crippen LogP contribution in [0.15, 0.2) is 48.5 Å². The van der Waals surface area contributed by atoms with Gasteiger partial charge in [0, 0.05) is 5.02 Å². The SMILES string of the molecule is CCCCC1(CCN2CCCCC2)C(=O)NC(c2ccc(Cl)cc2)c2ccccc21. The van der Waals surface area contributed by atoms with Gasteiger partial charge >= 0.3 is 0 Å². The second kappa shape index (κ2) is 9.53. The molecule has 2 aliphatic rings. The molecule has 0 saturated carbocycles. The fourth-order valence-corrected chi connectivity index (χ4v) is 5.33. The maximum atomic E-state index is 13.8. The molecule has 1 fully saturated rings. The van der Waals surface area contributed by atoms with Crippen molar-refractivity contribution in [3.05, 3.63) is 70.2 Å². The third-order valence-electron chi connectivity index (χ3n) is 6.96. The van der Waals surface area contributed by atoms with Crippen molar-refractivity contribution in [1.82, 2.24) is 10.2 Å². The standard InChI is InChI=1S/C26H33ClN2O/c1-2-3-15-26(16-19-29-17-7-4-8-18-29)23-10-6-5-9-22(23)24(28-25(26)30)20-11-13-21(27)14-12-20/h5-6,9-14,24H,2-4,7-8,15-19H2,1H3,(H,28,30). The summed E-state index contributed by atoms with van der Waals surface area (Å²) in [5.41, 5.74) is 3.10. The minimum absolute atomic E-state index is 0.115. The zero-order valence-corrected chi connectivity index (χ0v) is 18.8. The van der Waals surface area contributed by atoms with E-state index in [4.69, 9.17) is 11.6 Å². The summed E-state index contributed by atoms with van der Waals surface area (Å²) in [7, 11) is 0. The number of rotatable bonds is 7. The van der Waals surface area contributed by atoms with Crippen LogP contribution < -0.4 is 5.32 Å². The highest BCUT2D eigenvalue weighted by Crippen LogP contribution is 2.43. The number of amides is 1. The van der Waals surface area contributed by atoms with Gasteiger partial charge in [0.2, 0.25) is 5.91 Å². The molecule has 1 amide bonds. The van der Waals surface area contributed by atoms with Gasteiger partial charge in [-0.3, -0.25) is 4.79 Å². The number of nitrogens with zero attached hydrogens (tertiary/aromatic N) is 1. The Hall–Kier alpha value is -1.84. The van der Waals surface area contributed by atoms with Gasteiger partial charge in [0.25, 0.3) is 0 Å². The van der Waals surface area contributed by atoms with Crippen LogP contribution in [0.1, 0.15) is 74.6 Å². The predicted octanol–water partition coefficient (Wildman–Crippen LogP) is 5.86. The highest BCUT2D eigenvalue weighted by Gasteiger charge is 2.46. The van der Waals surface area contributed by atoms with Gasteiger partial charge in [-0.1, -0.05) is 74.2 Å². The number of likely N-dealkylation sites (tertiary alicyclic amines) is 1. The zero-order chi connectivity index (χ0) is 21.0. The van der Waals surface area contributed by atoms with Crippen molar-refractivity contribution in [2.24, 2.45) is 0 Å². The number of fused-ring (bicyclic) bond motifs is 1. The van der Waals surface area contributed by atoms with Gasteiger partial charge in [-0.25, -0.2) is 0 Å². The van der Waals surface area contributed by atoms with Crippen molar-refractivity contribution in [3.63, 3.8) is 0 Å². The monoisotopic (exact) mass is 424 g/mol. The molecule has 2 unspecified atom stereocenters. The van der Waals surface area contributed by atoms with E-state index in [9.17, 15) is 4.79 Å². The van der Waals surface area contributed by atoms with E-state index in [0.717, 1.165) is 37.8 Å². The van der Waals surface area contributed by atoms with E-state index in [1.807, 2.05) is 24.3 Å². The Labute approximate surface area is 185 Å². The molecule has 2 aliphatic heterocycles. The molecule has 2 aromatic rings. The van der Waals surface area contributed by atoms with Crippen LogP contribution in [0.2, 0.25) is 5.02 Å². The Morgan fingerprint density at radius 2 is 1.77 bits per heavy atom. The van der Waals surface area contributed by atoms with Gasteiger partial charge in [-0.05, 0) is 74.1 Å². The van der Waals surface area contributed by atoms with E-state index in [1.54, 1.807) is 0 Å². The molecule has 160 valence electrons.